The minimum absolute atomic E-state index is 0.176. The first-order chi connectivity index (χ1) is 29.4. The Morgan fingerprint density at radius 3 is 2.07 bits per heavy atom. The third-order valence-electron chi connectivity index (χ3n) is 12.2. The number of fused-ring (bicyclic) bond motifs is 7. The van der Waals surface area contributed by atoms with Gasteiger partial charge >= 0.3 is 0 Å². The van der Waals surface area contributed by atoms with Crippen LogP contribution in [0.4, 0.5) is 22.7 Å². The van der Waals surface area contributed by atoms with Gasteiger partial charge in [0, 0.05) is 39.6 Å². The molecule has 0 spiro atoms. The van der Waals surface area contributed by atoms with Crippen LogP contribution in [0.2, 0.25) is 0 Å². The minimum atomic E-state index is -0.176. The molecular formula is C56H46N4. The van der Waals surface area contributed by atoms with Gasteiger partial charge in [-0.05, 0) is 99.6 Å². The van der Waals surface area contributed by atoms with E-state index in [-0.39, 0.29) is 5.41 Å². The number of nitrogens with zero attached hydrogens (tertiary/aromatic N) is 2. The monoisotopic (exact) mass is 774 g/mol. The summed E-state index contributed by atoms with van der Waals surface area (Å²) in [6, 6.07) is 63.5. The summed E-state index contributed by atoms with van der Waals surface area (Å²) in [5.41, 5.74) is 19.0. The van der Waals surface area contributed by atoms with Crippen LogP contribution in [-0.4, -0.2) is 10.4 Å². The first kappa shape index (κ1) is 36.9. The van der Waals surface area contributed by atoms with E-state index in [9.17, 15) is 0 Å². The van der Waals surface area contributed by atoms with Crippen LogP contribution >= 0.6 is 0 Å². The number of aromatic nitrogens is 1. The van der Waals surface area contributed by atoms with Gasteiger partial charge in [-0.25, -0.2) is 0 Å². The molecule has 1 aliphatic heterocycles. The van der Waals surface area contributed by atoms with E-state index in [1.165, 1.54) is 55.2 Å². The van der Waals surface area contributed by atoms with Crippen molar-refractivity contribution in [2.24, 2.45) is 0 Å². The number of hydrogen-bond donors (Lipinski definition) is 2. The van der Waals surface area contributed by atoms with Crippen molar-refractivity contribution in [1.82, 2.24) is 4.68 Å². The molecule has 1 aliphatic rings. The van der Waals surface area contributed by atoms with Gasteiger partial charge in [0.1, 0.15) is 0 Å². The lowest BCUT2D eigenvalue weighted by Crippen LogP contribution is -2.30. The Morgan fingerprint density at radius 2 is 1.25 bits per heavy atom. The van der Waals surface area contributed by atoms with E-state index in [0.717, 1.165) is 39.1 Å². The first-order valence-corrected chi connectivity index (χ1v) is 20.8. The number of anilines is 4. The lowest BCUT2D eigenvalue weighted by atomic mass is 9.73. The zero-order valence-corrected chi connectivity index (χ0v) is 34.2. The Balaban J connectivity index is 1.04. The molecule has 4 nitrogen and oxygen atoms in total. The van der Waals surface area contributed by atoms with Crippen LogP contribution in [0.1, 0.15) is 43.9 Å². The Hall–Kier alpha value is -7.43. The molecule has 0 unspecified atom stereocenters. The average molecular weight is 775 g/mol. The van der Waals surface area contributed by atoms with Crippen LogP contribution in [0.3, 0.4) is 0 Å². The van der Waals surface area contributed by atoms with Crippen LogP contribution in [0, 0.1) is 5.41 Å². The molecular weight excluding hydrogens is 729 g/mol. The summed E-state index contributed by atoms with van der Waals surface area (Å²) in [6.07, 6.45) is 8.58. The maximum atomic E-state index is 9.01. The van der Waals surface area contributed by atoms with E-state index in [1.807, 2.05) is 49.4 Å². The molecule has 1 aromatic heterocycles. The summed E-state index contributed by atoms with van der Waals surface area (Å²) in [5, 5.41) is 13.8. The molecule has 0 bridgehead atoms. The van der Waals surface area contributed by atoms with E-state index in [0.29, 0.717) is 12.1 Å². The van der Waals surface area contributed by atoms with E-state index >= 15 is 0 Å². The van der Waals surface area contributed by atoms with Crippen LogP contribution in [0.25, 0.3) is 54.8 Å². The molecule has 0 saturated heterocycles. The molecule has 60 heavy (non-hydrogen) atoms. The molecule has 0 aliphatic carbocycles. The minimum Gasteiger partial charge on any atom is -0.310 e. The molecule has 0 saturated carbocycles. The largest absolute Gasteiger partial charge is 0.310 e. The number of para-hydroxylation sites is 3. The van der Waals surface area contributed by atoms with Gasteiger partial charge in [0.15, 0.2) is 0 Å². The van der Waals surface area contributed by atoms with Crippen molar-refractivity contribution in [1.29, 1.82) is 5.41 Å². The number of allylic oxidation sites excluding steroid dienone is 4. The van der Waals surface area contributed by atoms with Gasteiger partial charge in [-0.15, -0.1) is 0 Å². The van der Waals surface area contributed by atoms with Gasteiger partial charge in [0.05, 0.1) is 28.1 Å². The van der Waals surface area contributed by atoms with Gasteiger partial charge in [0.2, 0.25) is 0 Å². The van der Waals surface area contributed by atoms with Crippen molar-refractivity contribution in [3.05, 3.63) is 217 Å². The lowest BCUT2D eigenvalue weighted by molar-refractivity contribution is 0.632. The molecule has 2 N–H and O–H groups in total. The highest BCUT2D eigenvalue weighted by molar-refractivity contribution is 6.21. The highest BCUT2D eigenvalue weighted by Gasteiger charge is 2.37. The number of benzene rings is 8. The summed E-state index contributed by atoms with van der Waals surface area (Å²) in [6.45, 7) is 6.69. The second kappa shape index (κ2) is 15.1. The first-order valence-electron chi connectivity index (χ1n) is 20.8. The Labute approximate surface area is 351 Å². The molecule has 4 heteroatoms. The van der Waals surface area contributed by atoms with E-state index in [1.54, 1.807) is 0 Å². The maximum Gasteiger partial charge on any atom is 0.0716 e. The van der Waals surface area contributed by atoms with E-state index in [2.05, 4.69) is 187 Å². The third kappa shape index (κ3) is 6.29. The topological polar surface area (TPSA) is 44.1 Å². The third-order valence-corrected chi connectivity index (χ3v) is 12.2. The van der Waals surface area contributed by atoms with Crippen LogP contribution < -0.4 is 10.3 Å². The molecule has 0 radical (unpaired) electrons. The molecule has 290 valence electrons. The molecule has 0 fully saturated rings. The Kier molecular flexibility index (Phi) is 9.26. The predicted molar refractivity (Wildman–Crippen MR) is 255 cm³/mol. The van der Waals surface area contributed by atoms with Crippen LogP contribution in [0.5, 0.6) is 0 Å². The molecule has 0 amide bonds. The summed E-state index contributed by atoms with van der Waals surface area (Å²) in [4.78, 5) is 2.41. The number of hydrogen-bond acceptors (Lipinski definition) is 3. The zero-order valence-electron chi connectivity index (χ0n) is 34.2. The normalized spacial score (nSPS) is 13.3. The van der Waals surface area contributed by atoms with Crippen molar-refractivity contribution in [3.63, 3.8) is 0 Å². The van der Waals surface area contributed by atoms with Crippen molar-refractivity contribution in [2.45, 2.75) is 32.6 Å². The van der Waals surface area contributed by atoms with Gasteiger partial charge < -0.3 is 10.3 Å². The Bertz CT molecular complexity index is 3150. The van der Waals surface area contributed by atoms with Crippen molar-refractivity contribution in [2.75, 3.05) is 10.3 Å². The Morgan fingerprint density at radius 1 is 0.583 bits per heavy atom. The fourth-order valence-electron chi connectivity index (χ4n) is 9.13. The highest BCUT2D eigenvalue weighted by atomic mass is 15.4. The quantitative estimate of drug-likeness (QED) is 0.113. The summed E-state index contributed by atoms with van der Waals surface area (Å²) >= 11 is 0. The van der Waals surface area contributed by atoms with Gasteiger partial charge in [-0.1, -0.05) is 166 Å². The maximum absolute atomic E-state index is 9.01. The second-order valence-corrected chi connectivity index (χ2v) is 16.2. The second-order valence-electron chi connectivity index (χ2n) is 16.2. The molecule has 0 atom stereocenters. The molecule has 9 aromatic rings. The average Bonchev–Trinajstić information content (AvgIpc) is 3.61. The van der Waals surface area contributed by atoms with Gasteiger partial charge in [0.25, 0.3) is 0 Å². The highest BCUT2D eigenvalue weighted by Crippen LogP contribution is 2.52. The summed E-state index contributed by atoms with van der Waals surface area (Å²) < 4.78 is 2.21. The predicted octanol–water partition coefficient (Wildman–Crippen LogP) is 15.2. The van der Waals surface area contributed by atoms with Crippen molar-refractivity contribution in [3.8, 4) is 22.3 Å². The standard InChI is InChI=1S/C56H46N4/c1-4-5-6-10-23-49(57)45-21-13-15-24-50(45)58-60-53-35-31-40-17-11-12-20-44(40)55(53)46-33-30-42(37-54(46)60)39-28-26-38(27-29-39)41-32-34-52-48(36-41)56(2,3)47-22-14-16-25-51(47)59(52)43-18-8-7-9-19-43/h4-22,24-37,57-58H,23H2,1-3H3/b5-4-,10-6-,57-49?. The van der Waals surface area contributed by atoms with Crippen molar-refractivity contribution < 1.29 is 0 Å². The molecule has 2 heterocycles. The van der Waals surface area contributed by atoms with Crippen molar-refractivity contribution >= 4 is 61.0 Å². The van der Waals surface area contributed by atoms with Gasteiger partial charge in [-0.3, -0.25) is 10.1 Å². The summed E-state index contributed by atoms with van der Waals surface area (Å²) in [7, 11) is 0. The number of nitrogens with one attached hydrogen (secondary N) is 2. The molecule has 8 aromatic carbocycles. The van der Waals surface area contributed by atoms with E-state index < -0.39 is 0 Å². The smallest absolute Gasteiger partial charge is 0.0716 e. The lowest BCUT2D eigenvalue weighted by Gasteiger charge is -2.42. The van der Waals surface area contributed by atoms with Gasteiger partial charge in [-0.2, -0.15) is 0 Å². The fraction of sp³-hybridized carbons (Fsp3) is 0.0893. The molecule has 10 rings (SSSR count). The number of rotatable bonds is 9. The fourth-order valence-corrected chi connectivity index (χ4v) is 9.13. The van der Waals surface area contributed by atoms with E-state index in [4.69, 9.17) is 5.41 Å². The van der Waals surface area contributed by atoms with Crippen LogP contribution in [0.15, 0.2) is 200 Å². The summed E-state index contributed by atoms with van der Waals surface area (Å²) in [5.74, 6) is 0. The van der Waals surface area contributed by atoms with Crippen LogP contribution in [-0.2, 0) is 5.41 Å². The zero-order chi connectivity index (χ0) is 40.8. The SMILES string of the molecule is C/C=C\C=C/CC(=N)c1ccccc1Nn1c2cc(-c3ccc(-c4ccc5c(c4)C(C)(C)c4ccccc4N5c4ccccc4)cc3)ccc2c2c3ccccc3ccc21.